The maximum absolute atomic E-state index is 11.9. The van der Waals surface area contributed by atoms with E-state index < -0.39 is 0 Å². The molecule has 6 heteroatoms. The van der Waals surface area contributed by atoms with E-state index in [4.69, 9.17) is 4.42 Å². The number of hydrogen-bond donors (Lipinski definition) is 1. The Balaban J connectivity index is 1.80. The van der Waals surface area contributed by atoms with Crippen molar-refractivity contribution in [3.05, 3.63) is 48.7 Å². The lowest BCUT2D eigenvalue weighted by atomic mass is 10.2. The molecule has 1 N–H and O–H groups in total. The molecule has 0 radical (unpaired) electrons. The first kappa shape index (κ1) is 15.6. The number of hydrogen-bond acceptors (Lipinski definition) is 5. The third-order valence-corrected chi connectivity index (χ3v) is 4.02. The highest BCUT2D eigenvalue weighted by molar-refractivity contribution is 8.00. The zero-order valence-corrected chi connectivity index (χ0v) is 13.0. The van der Waals surface area contributed by atoms with Crippen molar-refractivity contribution in [2.24, 2.45) is 0 Å². The van der Waals surface area contributed by atoms with Crippen molar-refractivity contribution in [3.63, 3.8) is 0 Å². The molecular weight excluding hydrogens is 286 g/mol. The highest BCUT2D eigenvalue weighted by Gasteiger charge is 2.17. The second-order valence-corrected chi connectivity index (χ2v) is 5.82. The van der Waals surface area contributed by atoms with Gasteiger partial charge >= 0.3 is 0 Å². The van der Waals surface area contributed by atoms with Gasteiger partial charge in [-0.1, -0.05) is 0 Å². The summed E-state index contributed by atoms with van der Waals surface area (Å²) in [4.78, 5) is 18.9. The van der Waals surface area contributed by atoms with Crippen molar-refractivity contribution >= 4 is 17.7 Å². The van der Waals surface area contributed by atoms with Crippen molar-refractivity contribution in [1.82, 2.24) is 15.2 Å². The Hall–Kier alpha value is -1.79. The van der Waals surface area contributed by atoms with Crippen LogP contribution in [0.2, 0.25) is 0 Å². The van der Waals surface area contributed by atoms with Gasteiger partial charge in [0.15, 0.2) is 0 Å². The predicted molar refractivity (Wildman–Crippen MR) is 83.1 cm³/mol. The fourth-order valence-corrected chi connectivity index (χ4v) is 2.58. The van der Waals surface area contributed by atoms with Gasteiger partial charge in [0.2, 0.25) is 5.91 Å². The summed E-state index contributed by atoms with van der Waals surface area (Å²) in [6, 6.07) is 7.59. The van der Waals surface area contributed by atoms with Crippen LogP contribution >= 0.6 is 11.8 Å². The number of nitrogens with zero attached hydrogens (tertiary/aromatic N) is 2. The molecule has 0 saturated heterocycles. The van der Waals surface area contributed by atoms with Crippen LogP contribution in [0, 0.1) is 0 Å². The topological polar surface area (TPSA) is 58.4 Å². The summed E-state index contributed by atoms with van der Waals surface area (Å²) in [6.45, 7) is 0.524. The lowest BCUT2D eigenvalue weighted by Crippen LogP contribution is -2.35. The molecule has 21 heavy (non-hydrogen) atoms. The lowest BCUT2D eigenvalue weighted by Gasteiger charge is -2.22. The molecule has 1 atom stereocenters. The molecule has 0 spiro atoms. The molecule has 2 aromatic heterocycles. The molecule has 0 aromatic carbocycles. The lowest BCUT2D eigenvalue weighted by molar-refractivity contribution is -0.118. The number of amides is 1. The molecule has 0 saturated carbocycles. The van der Waals surface area contributed by atoms with Gasteiger partial charge in [-0.3, -0.25) is 14.7 Å². The van der Waals surface area contributed by atoms with Gasteiger partial charge in [-0.15, -0.1) is 11.8 Å². The first-order chi connectivity index (χ1) is 10.2. The molecule has 1 unspecified atom stereocenters. The van der Waals surface area contributed by atoms with E-state index in [0.29, 0.717) is 12.3 Å². The predicted octanol–water partition coefficient (Wildman–Crippen LogP) is 2.19. The smallest absolute Gasteiger partial charge is 0.230 e. The number of thioether (sulfide) groups is 1. The van der Waals surface area contributed by atoms with Crippen molar-refractivity contribution in [3.8, 4) is 0 Å². The van der Waals surface area contributed by atoms with E-state index in [1.54, 1.807) is 18.7 Å². The molecule has 0 aliphatic carbocycles. The number of aromatic nitrogens is 1. The SMILES string of the molecule is CN(C)C(CNC(=O)CSc1ccncc1)c1ccco1. The maximum atomic E-state index is 11.9. The molecule has 1 amide bonds. The second kappa shape index (κ2) is 7.85. The van der Waals surface area contributed by atoms with Crippen molar-refractivity contribution in [2.45, 2.75) is 10.9 Å². The summed E-state index contributed by atoms with van der Waals surface area (Å²) >= 11 is 1.50. The van der Waals surface area contributed by atoms with Gasteiger partial charge < -0.3 is 9.73 Å². The van der Waals surface area contributed by atoms with E-state index in [-0.39, 0.29) is 11.9 Å². The summed E-state index contributed by atoms with van der Waals surface area (Å²) in [7, 11) is 3.93. The summed E-state index contributed by atoms with van der Waals surface area (Å²) in [5, 5.41) is 2.95. The van der Waals surface area contributed by atoms with E-state index in [1.165, 1.54) is 11.8 Å². The Kier molecular flexibility index (Phi) is 5.83. The van der Waals surface area contributed by atoms with Gasteiger partial charge in [0.25, 0.3) is 0 Å². The number of nitrogens with one attached hydrogen (secondary N) is 1. The van der Waals surface area contributed by atoms with Crippen LogP contribution in [0.4, 0.5) is 0 Å². The molecule has 2 aromatic rings. The summed E-state index contributed by atoms with van der Waals surface area (Å²) in [5.41, 5.74) is 0. The fourth-order valence-electron chi connectivity index (χ4n) is 1.86. The van der Waals surface area contributed by atoms with Crippen LogP contribution in [0.1, 0.15) is 11.8 Å². The average molecular weight is 305 g/mol. The van der Waals surface area contributed by atoms with Crippen molar-refractivity contribution in [1.29, 1.82) is 0 Å². The number of carbonyl (C=O) groups excluding carboxylic acids is 1. The third kappa shape index (κ3) is 4.91. The number of furan rings is 1. The third-order valence-electron chi connectivity index (χ3n) is 3.01. The van der Waals surface area contributed by atoms with Crippen LogP contribution < -0.4 is 5.32 Å². The van der Waals surface area contributed by atoms with Crippen molar-refractivity contribution < 1.29 is 9.21 Å². The van der Waals surface area contributed by atoms with E-state index in [1.807, 2.05) is 43.3 Å². The highest BCUT2D eigenvalue weighted by Crippen LogP contribution is 2.18. The number of carbonyl (C=O) groups is 1. The van der Waals surface area contributed by atoms with E-state index >= 15 is 0 Å². The Morgan fingerprint density at radius 3 is 2.76 bits per heavy atom. The molecule has 2 heterocycles. The van der Waals surface area contributed by atoms with Gasteiger partial charge in [0, 0.05) is 23.8 Å². The van der Waals surface area contributed by atoms with Crippen LogP contribution in [-0.4, -0.2) is 42.2 Å². The molecule has 2 rings (SSSR count). The zero-order chi connectivity index (χ0) is 15.1. The quantitative estimate of drug-likeness (QED) is 0.795. The van der Waals surface area contributed by atoms with E-state index in [9.17, 15) is 4.79 Å². The monoisotopic (exact) mass is 305 g/mol. The Bertz CT molecular complexity index is 543. The number of rotatable bonds is 7. The Morgan fingerprint density at radius 2 is 2.14 bits per heavy atom. The minimum atomic E-state index is 0.00946. The largest absolute Gasteiger partial charge is 0.468 e. The molecule has 0 aliphatic heterocycles. The van der Waals surface area contributed by atoms with Gasteiger partial charge in [0.1, 0.15) is 5.76 Å². The van der Waals surface area contributed by atoms with Crippen LogP contribution in [0.5, 0.6) is 0 Å². The number of pyridine rings is 1. The number of likely N-dealkylation sites (N-methyl/N-ethyl adjacent to an activating group) is 1. The minimum absolute atomic E-state index is 0.00946. The molecular formula is C15H19N3O2S. The van der Waals surface area contributed by atoms with Crippen LogP contribution in [0.25, 0.3) is 0 Å². The first-order valence-electron chi connectivity index (χ1n) is 6.66. The van der Waals surface area contributed by atoms with Crippen LogP contribution in [0.3, 0.4) is 0 Å². The van der Waals surface area contributed by atoms with Crippen molar-refractivity contribution in [2.75, 3.05) is 26.4 Å². The summed E-state index contributed by atoms with van der Waals surface area (Å²) < 4.78 is 5.41. The van der Waals surface area contributed by atoms with E-state index in [0.717, 1.165) is 10.7 Å². The second-order valence-electron chi connectivity index (χ2n) is 4.77. The molecule has 0 bridgehead atoms. The van der Waals surface area contributed by atoms with Gasteiger partial charge in [-0.25, -0.2) is 0 Å². The molecule has 112 valence electrons. The Morgan fingerprint density at radius 1 is 1.38 bits per heavy atom. The summed E-state index contributed by atoms with van der Waals surface area (Å²) in [6.07, 6.45) is 5.09. The average Bonchev–Trinajstić information content (AvgIpc) is 3.00. The molecule has 5 nitrogen and oxygen atoms in total. The van der Waals surface area contributed by atoms with Gasteiger partial charge in [0.05, 0.1) is 18.1 Å². The summed E-state index contributed by atoms with van der Waals surface area (Å²) in [5.74, 6) is 1.25. The molecule has 0 aliphatic rings. The molecule has 0 fully saturated rings. The zero-order valence-electron chi connectivity index (χ0n) is 12.2. The maximum Gasteiger partial charge on any atom is 0.230 e. The Labute approximate surface area is 128 Å². The fraction of sp³-hybridized carbons (Fsp3) is 0.333. The van der Waals surface area contributed by atoms with E-state index in [2.05, 4.69) is 10.3 Å². The van der Waals surface area contributed by atoms with Crippen LogP contribution in [0.15, 0.2) is 52.2 Å². The first-order valence-corrected chi connectivity index (χ1v) is 7.64. The van der Waals surface area contributed by atoms with Gasteiger partial charge in [-0.2, -0.15) is 0 Å². The minimum Gasteiger partial charge on any atom is -0.468 e. The normalized spacial score (nSPS) is 12.3. The van der Waals surface area contributed by atoms with Gasteiger partial charge in [-0.05, 0) is 38.4 Å². The standard InChI is InChI=1S/C15H19N3O2S/c1-18(2)13(14-4-3-9-20-14)10-17-15(19)11-21-12-5-7-16-8-6-12/h3-9,13H,10-11H2,1-2H3,(H,17,19). The highest BCUT2D eigenvalue weighted by atomic mass is 32.2. The van der Waals surface area contributed by atoms with Crippen LogP contribution in [-0.2, 0) is 4.79 Å².